The van der Waals surface area contributed by atoms with Gasteiger partial charge in [0.25, 0.3) is 5.91 Å². The lowest BCUT2D eigenvalue weighted by molar-refractivity contribution is -0.138. The first-order chi connectivity index (χ1) is 11.0. The smallest absolute Gasteiger partial charge is 0.253 e. The van der Waals surface area contributed by atoms with Crippen LogP contribution in [0.4, 0.5) is 0 Å². The molecule has 0 spiro atoms. The number of carbonyl (C=O) groups is 2. The van der Waals surface area contributed by atoms with Crippen molar-refractivity contribution in [1.82, 2.24) is 9.80 Å². The van der Waals surface area contributed by atoms with Crippen LogP contribution in [0.3, 0.4) is 0 Å². The maximum absolute atomic E-state index is 12.6. The van der Waals surface area contributed by atoms with Gasteiger partial charge in [-0.3, -0.25) is 9.59 Å². The minimum absolute atomic E-state index is 0.0340. The number of phenolic OH excluding ortho intramolecular Hbond substituents is 1. The second-order valence-electron chi connectivity index (χ2n) is 6.49. The summed E-state index contributed by atoms with van der Waals surface area (Å²) in [7, 11) is 0. The number of aromatic hydroxyl groups is 1. The molecule has 0 aromatic heterocycles. The normalized spacial score (nSPS) is 20.6. The maximum atomic E-state index is 12.6. The average molecular weight is 317 g/mol. The van der Waals surface area contributed by atoms with E-state index in [2.05, 4.69) is 0 Å². The molecule has 1 aliphatic heterocycles. The number of rotatable bonds is 2. The number of amides is 2. The van der Waals surface area contributed by atoms with E-state index in [-0.39, 0.29) is 17.6 Å². The molecule has 3 N–H and O–H groups in total. The van der Waals surface area contributed by atoms with Crippen molar-refractivity contribution in [3.05, 3.63) is 29.8 Å². The van der Waals surface area contributed by atoms with E-state index in [1.165, 1.54) is 12.1 Å². The number of nitrogens with two attached hydrogens (primary N) is 1. The summed E-state index contributed by atoms with van der Waals surface area (Å²) in [6, 6.07) is 6.24. The van der Waals surface area contributed by atoms with Crippen LogP contribution in [-0.2, 0) is 4.79 Å². The van der Waals surface area contributed by atoms with Crippen molar-refractivity contribution in [3.63, 3.8) is 0 Å². The molecule has 0 radical (unpaired) electrons. The predicted molar refractivity (Wildman–Crippen MR) is 86.0 cm³/mol. The standard InChI is InChI=1S/C17H23N3O3/c18-17(7-1-2-8-17)16(23)20-11-9-19(10-12-20)15(22)13-3-5-14(21)6-4-13/h3-6,21H,1-2,7-12,18H2. The molecule has 6 heteroatoms. The fourth-order valence-electron chi connectivity index (χ4n) is 3.43. The molecule has 124 valence electrons. The topological polar surface area (TPSA) is 86.9 Å². The second kappa shape index (κ2) is 6.20. The SMILES string of the molecule is NC1(C(=O)N2CCN(C(=O)c3ccc(O)cc3)CC2)CCCC1. The fourth-order valence-corrected chi connectivity index (χ4v) is 3.43. The molecule has 1 aromatic carbocycles. The molecule has 2 amide bonds. The minimum Gasteiger partial charge on any atom is -0.508 e. The van der Waals surface area contributed by atoms with Gasteiger partial charge in [-0.15, -0.1) is 0 Å². The number of hydrogen-bond donors (Lipinski definition) is 2. The van der Waals surface area contributed by atoms with Gasteiger partial charge < -0.3 is 20.6 Å². The molecule has 1 saturated carbocycles. The lowest BCUT2D eigenvalue weighted by atomic mass is 9.97. The van der Waals surface area contributed by atoms with Crippen LogP contribution in [0.1, 0.15) is 36.0 Å². The first kappa shape index (κ1) is 15.8. The third-order valence-electron chi connectivity index (χ3n) is 4.89. The highest BCUT2D eigenvalue weighted by Gasteiger charge is 2.40. The van der Waals surface area contributed by atoms with Gasteiger partial charge in [0.2, 0.25) is 5.91 Å². The first-order valence-electron chi connectivity index (χ1n) is 8.16. The highest BCUT2D eigenvalue weighted by atomic mass is 16.3. The zero-order chi connectivity index (χ0) is 16.4. The first-order valence-corrected chi connectivity index (χ1v) is 8.16. The quantitative estimate of drug-likeness (QED) is 0.850. The van der Waals surface area contributed by atoms with Crippen molar-refractivity contribution in [2.75, 3.05) is 26.2 Å². The van der Waals surface area contributed by atoms with Crippen LogP contribution in [0, 0.1) is 0 Å². The summed E-state index contributed by atoms with van der Waals surface area (Å²) in [5.74, 6) is 0.105. The Morgan fingerprint density at radius 1 is 0.957 bits per heavy atom. The average Bonchev–Trinajstić information content (AvgIpc) is 3.02. The number of nitrogens with zero attached hydrogens (tertiary/aromatic N) is 2. The van der Waals surface area contributed by atoms with E-state index >= 15 is 0 Å². The molecule has 1 aromatic rings. The van der Waals surface area contributed by atoms with Crippen LogP contribution in [0.25, 0.3) is 0 Å². The van der Waals surface area contributed by atoms with Crippen LogP contribution in [0.5, 0.6) is 5.75 Å². The summed E-state index contributed by atoms with van der Waals surface area (Å²) in [5, 5.41) is 9.29. The molecule has 0 atom stereocenters. The lowest BCUT2D eigenvalue weighted by Crippen LogP contribution is -2.59. The largest absolute Gasteiger partial charge is 0.508 e. The third kappa shape index (κ3) is 3.17. The van der Waals surface area contributed by atoms with E-state index in [0.717, 1.165) is 25.7 Å². The third-order valence-corrected chi connectivity index (χ3v) is 4.89. The Morgan fingerprint density at radius 2 is 1.48 bits per heavy atom. The minimum atomic E-state index is -0.691. The summed E-state index contributed by atoms with van der Waals surface area (Å²) in [6.45, 7) is 2.09. The molecule has 1 aliphatic carbocycles. The van der Waals surface area contributed by atoms with Crippen molar-refractivity contribution >= 4 is 11.8 Å². The van der Waals surface area contributed by atoms with Gasteiger partial charge in [0.15, 0.2) is 0 Å². The zero-order valence-corrected chi connectivity index (χ0v) is 13.2. The van der Waals surface area contributed by atoms with E-state index in [1.807, 2.05) is 0 Å². The van der Waals surface area contributed by atoms with Crippen LogP contribution < -0.4 is 5.73 Å². The molecule has 1 heterocycles. The van der Waals surface area contributed by atoms with Gasteiger partial charge in [-0.2, -0.15) is 0 Å². The van der Waals surface area contributed by atoms with Crippen molar-refractivity contribution in [2.24, 2.45) is 5.73 Å². The number of carbonyl (C=O) groups excluding carboxylic acids is 2. The van der Waals surface area contributed by atoms with E-state index in [9.17, 15) is 14.7 Å². The van der Waals surface area contributed by atoms with Gasteiger partial charge >= 0.3 is 0 Å². The molecule has 1 saturated heterocycles. The fraction of sp³-hybridized carbons (Fsp3) is 0.529. The van der Waals surface area contributed by atoms with Gasteiger partial charge in [0, 0.05) is 31.7 Å². The molecule has 23 heavy (non-hydrogen) atoms. The molecule has 0 bridgehead atoms. The summed E-state index contributed by atoms with van der Waals surface area (Å²) >= 11 is 0. The second-order valence-corrected chi connectivity index (χ2v) is 6.49. The van der Waals surface area contributed by atoms with E-state index in [0.29, 0.717) is 31.7 Å². The summed E-state index contributed by atoms with van der Waals surface area (Å²) in [4.78, 5) is 28.5. The Kier molecular flexibility index (Phi) is 4.26. The summed E-state index contributed by atoms with van der Waals surface area (Å²) in [6.07, 6.45) is 3.56. The molecule has 0 unspecified atom stereocenters. The van der Waals surface area contributed by atoms with Crippen molar-refractivity contribution in [3.8, 4) is 5.75 Å². The number of phenols is 1. The Balaban J connectivity index is 1.59. The van der Waals surface area contributed by atoms with E-state index in [1.54, 1.807) is 21.9 Å². The summed E-state index contributed by atoms with van der Waals surface area (Å²) < 4.78 is 0. The molecule has 2 fully saturated rings. The van der Waals surface area contributed by atoms with E-state index < -0.39 is 5.54 Å². The van der Waals surface area contributed by atoms with Gasteiger partial charge in [-0.25, -0.2) is 0 Å². The molecular weight excluding hydrogens is 294 g/mol. The van der Waals surface area contributed by atoms with Gasteiger partial charge in [0.05, 0.1) is 5.54 Å². The Labute approximate surface area is 135 Å². The van der Waals surface area contributed by atoms with Gasteiger partial charge in [-0.05, 0) is 37.1 Å². The molecule has 3 rings (SSSR count). The Hall–Kier alpha value is -2.08. The Morgan fingerprint density at radius 3 is 2.04 bits per heavy atom. The monoisotopic (exact) mass is 317 g/mol. The van der Waals surface area contributed by atoms with Crippen LogP contribution in [0.2, 0.25) is 0 Å². The maximum Gasteiger partial charge on any atom is 0.253 e. The van der Waals surface area contributed by atoms with Crippen LogP contribution >= 0.6 is 0 Å². The molecule has 6 nitrogen and oxygen atoms in total. The van der Waals surface area contributed by atoms with Crippen molar-refractivity contribution in [2.45, 2.75) is 31.2 Å². The Bertz CT molecular complexity index is 586. The van der Waals surface area contributed by atoms with Crippen LogP contribution in [-0.4, -0.2) is 58.4 Å². The van der Waals surface area contributed by atoms with Gasteiger partial charge in [-0.1, -0.05) is 12.8 Å². The van der Waals surface area contributed by atoms with Crippen molar-refractivity contribution in [1.29, 1.82) is 0 Å². The number of hydrogen-bond acceptors (Lipinski definition) is 4. The van der Waals surface area contributed by atoms with Gasteiger partial charge in [0.1, 0.15) is 5.75 Å². The highest BCUT2D eigenvalue weighted by molar-refractivity contribution is 5.94. The number of piperazine rings is 1. The summed E-state index contributed by atoms with van der Waals surface area (Å²) in [5.41, 5.74) is 6.10. The highest BCUT2D eigenvalue weighted by Crippen LogP contribution is 2.29. The predicted octanol–water partition coefficient (Wildman–Crippen LogP) is 0.948. The number of benzene rings is 1. The van der Waals surface area contributed by atoms with Crippen molar-refractivity contribution < 1.29 is 14.7 Å². The zero-order valence-electron chi connectivity index (χ0n) is 13.2. The molecular formula is C17H23N3O3. The molecule has 2 aliphatic rings. The van der Waals surface area contributed by atoms with E-state index in [4.69, 9.17) is 5.73 Å². The lowest BCUT2D eigenvalue weighted by Gasteiger charge is -2.38. The van der Waals surface area contributed by atoms with Crippen LogP contribution in [0.15, 0.2) is 24.3 Å².